The molecule has 1 rings (SSSR count). The highest BCUT2D eigenvalue weighted by Crippen LogP contribution is 2.23. The molecule has 176 valence electrons. The quantitative estimate of drug-likeness (QED) is 0.356. The van der Waals surface area contributed by atoms with Gasteiger partial charge >= 0.3 is 12.1 Å². The number of nitrogens with one attached hydrogen (secondary N) is 1. The molecule has 0 aromatic heterocycles. The molecule has 4 N–H and O–H groups in total. The molecule has 0 unspecified atom stereocenters. The van der Waals surface area contributed by atoms with E-state index < -0.39 is 12.1 Å². The Morgan fingerprint density at radius 1 is 1.27 bits per heavy atom. The fourth-order valence-electron chi connectivity index (χ4n) is 3.06. The molecule has 0 spiro atoms. The number of methoxy groups -OCH3 is 1. The highest BCUT2D eigenvalue weighted by atomic mass is 19.4. The first-order valence-electron chi connectivity index (χ1n) is 10.2. The lowest BCUT2D eigenvalue weighted by Crippen LogP contribution is -2.58. The van der Waals surface area contributed by atoms with Crippen LogP contribution in [0, 0.1) is 5.92 Å². The number of unbranched alkanes of at least 4 members (excludes halogenated alkanes) is 5. The van der Waals surface area contributed by atoms with Gasteiger partial charge in [0.15, 0.2) is 0 Å². The number of amides is 1. The highest BCUT2D eigenvalue weighted by molar-refractivity contribution is 5.78. The Balaban J connectivity index is 0.00000103. The van der Waals surface area contributed by atoms with Crippen molar-refractivity contribution in [3.8, 4) is 0 Å². The predicted molar refractivity (Wildman–Crippen MR) is 107 cm³/mol. The number of nitrogens with two attached hydrogens (primary N) is 1. The summed E-state index contributed by atoms with van der Waals surface area (Å²) in [5, 5.41) is 10.1. The molecule has 0 aromatic carbocycles. The Morgan fingerprint density at radius 3 is 2.37 bits per heavy atom. The number of hydrogen-bond donors (Lipinski definition) is 3. The van der Waals surface area contributed by atoms with Crippen LogP contribution in [0.15, 0.2) is 12.2 Å². The monoisotopic (exact) mass is 440 g/mol. The maximum atomic E-state index is 11.7. The van der Waals surface area contributed by atoms with Crippen molar-refractivity contribution in [3.05, 3.63) is 12.2 Å². The molecule has 1 aliphatic rings. The van der Waals surface area contributed by atoms with Gasteiger partial charge < -0.3 is 25.6 Å². The van der Waals surface area contributed by atoms with Gasteiger partial charge in [0, 0.05) is 13.0 Å². The Bertz CT molecular complexity index is 529. The number of rotatable bonds is 10. The van der Waals surface area contributed by atoms with Gasteiger partial charge in [-0.25, -0.2) is 4.79 Å². The van der Waals surface area contributed by atoms with Crippen LogP contribution in [0.25, 0.3) is 0 Å². The van der Waals surface area contributed by atoms with Gasteiger partial charge in [-0.3, -0.25) is 4.79 Å². The summed E-state index contributed by atoms with van der Waals surface area (Å²) >= 11 is 0. The van der Waals surface area contributed by atoms with Crippen molar-refractivity contribution in [1.82, 2.24) is 5.32 Å². The molecule has 30 heavy (non-hydrogen) atoms. The lowest BCUT2D eigenvalue weighted by atomic mass is 9.90. The van der Waals surface area contributed by atoms with Gasteiger partial charge in [0.25, 0.3) is 0 Å². The average molecular weight is 441 g/mol. The summed E-state index contributed by atoms with van der Waals surface area (Å²) in [6.07, 6.45) is 6.36. The number of allylic oxidation sites excluding steroid dienone is 1. The predicted octanol–water partition coefficient (Wildman–Crippen LogP) is 3.03. The fraction of sp³-hybridized carbons (Fsp3) is 0.800. The maximum Gasteiger partial charge on any atom is 0.490 e. The molecule has 0 aliphatic carbocycles. The van der Waals surface area contributed by atoms with Crippen LogP contribution >= 0.6 is 0 Å². The number of alkyl halides is 3. The smallest absolute Gasteiger partial charge is 0.475 e. The Morgan fingerprint density at radius 2 is 1.87 bits per heavy atom. The van der Waals surface area contributed by atoms with E-state index in [1.807, 2.05) is 0 Å². The van der Waals surface area contributed by atoms with E-state index in [1.54, 1.807) is 7.11 Å². The van der Waals surface area contributed by atoms with Crippen LogP contribution in [0.5, 0.6) is 0 Å². The van der Waals surface area contributed by atoms with E-state index in [0.29, 0.717) is 6.61 Å². The summed E-state index contributed by atoms with van der Waals surface area (Å²) < 4.78 is 43.2. The first-order valence-corrected chi connectivity index (χ1v) is 10.2. The largest absolute Gasteiger partial charge is 0.490 e. The van der Waals surface area contributed by atoms with Crippen LogP contribution < -0.4 is 11.1 Å². The molecular weight excluding hydrogens is 405 g/mol. The van der Waals surface area contributed by atoms with E-state index in [-0.39, 0.29) is 36.6 Å². The number of ether oxygens (including phenoxy) is 2. The summed E-state index contributed by atoms with van der Waals surface area (Å²) in [6, 6.07) is -0.184. The molecule has 4 atom stereocenters. The number of hydrogen-bond acceptors (Lipinski definition) is 5. The van der Waals surface area contributed by atoms with Crippen LogP contribution in [0.4, 0.5) is 13.2 Å². The Kier molecular flexibility index (Phi) is 14.4. The van der Waals surface area contributed by atoms with Gasteiger partial charge in [0.1, 0.15) is 0 Å². The van der Waals surface area contributed by atoms with Crippen molar-refractivity contribution < 1.29 is 37.3 Å². The SMILES string of the molecule is CCCCCCCC=C[C@@H]1OC[C@H](C)[C@H](OC)[C@H]1NC(=O)CN.O=C(O)C(F)(F)F. The second-order valence-electron chi connectivity index (χ2n) is 7.21. The van der Waals surface area contributed by atoms with Crippen molar-refractivity contribution in [3.63, 3.8) is 0 Å². The van der Waals surface area contributed by atoms with Crippen LogP contribution in [0.2, 0.25) is 0 Å². The molecule has 7 nitrogen and oxygen atoms in total. The van der Waals surface area contributed by atoms with Gasteiger partial charge in [-0.15, -0.1) is 0 Å². The minimum absolute atomic E-state index is 0.0187. The summed E-state index contributed by atoms with van der Waals surface area (Å²) in [4.78, 5) is 20.6. The number of carbonyl (C=O) groups excluding carboxylic acids is 1. The van der Waals surface area contributed by atoms with Gasteiger partial charge in [-0.1, -0.05) is 51.7 Å². The number of aliphatic carboxylic acids is 1. The summed E-state index contributed by atoms with van der Waals surface area (Å²) in [6.45, 7) is 4.92. The first kappa shape index (κ1) is 28.4. The molecule has 1 aliphatic heterocycles. The van der Waals surface area contributed by atoms with Gasteiger partial charge in [0.05, 0.1) is 31.4 Å². The van der Waals surface area contributed by atoms with Crippen LogP contribution in [0.3, 0.4) is 0 Å². The Hall–Kier alpha value is -1.65. The first-order chi connectivity index (χ1) is 14.1. The van der Waals surface area contributed by atoms with Crippen LogP contribution in [0.1, 0.15) is 52.4 Å². The van der Waals surface area contributed by atoms with E-state index in [0.717, 1.165) is 6.42 Å². The van der Waals surface area contributed by atoms with Crippen molar-refractivity contribution >= 4 is 11.9 Å². The summed E-state index contributed by atoms with van der Waals surface area (Å²) in [5.41, 5.74) is 5.42. The second-order valence-corrected chi connectivity index (χ2v) is 7.21. The zero-order valence-electron chi connectivity index (χ0n) is 17.9. The molecule has 0 bridgehead atoms. The van der Waals surface area contributed by atoms with Crippen LogP contribution in [-0.4, -0.2) is 61.7 Å². The van der Waals surface area contributed by atoms with Crippen molar-refractivity contribution in [2.24, 2.45) is 11.7 Å². The molecule has 0 aromatic rings. The molecule has 0 saturated carbocycles. The minimum Gasteiger partial charge on any atom is -0.475 e. The van der Waals surface area contributed by atoms with E-state index in [1.165, 1.54) is 32.1 Å². The topological polar surface area (TPSA) is 111 Å². The third-order valence-corrected chi connectivity index (χ3v) is 4.65. The number of carboxylic acid groups (broad SMARTS) is 1. The molecule has 1 amide bonds. The summed E-state index contributed by atoms with van der Waals surface area (Å²) in [7, 11) is 1.68. The summed E-state index contributed by atoms with van der Waals surface area (Å²) in [5.74, 6) is -2.69. The zero-order valence-corrected chi connectivity index (χ0v) is 17.9. The van der Waals surface area contributed by atoms with E-state index in [4.69, 9.17) is 25.1 Å². The number of carbonyl (C=O) groups is 2. The average Bonchev–Trinajstić information content (AvgIpc) is 2.68. The van der Waals surface area contributed by atoms with Crippen molar-refractivity contribution in [1.29, 1.82) is 0 Å². The van der Waals surface area contributed by atoms with Crippen molar-refractivity contribution in [2.75, 3.05) is 20.3 Å². The van der Waals surface area contributed by atoms with E-state index >= 15 is 0 Å². The third-order valence-electron chi connectivity index (χ3n) is 4.65. The second kappa shape index (κ2) is 15.2. The van der Waals surface area contributed by atoms with Crippen molar-refractivity contribution in [2.45, 2.75) is 76.8 Å². The number of halogens is 3. The molecular formula is C20H35F3N2O5. The van der Waals surface area contributed by atoms with E-state index in [9.17, 15) is 18.0 Å². The minimum atomic E-state index is -5.08. The van der Waals surface area contributed by atoms with Crippen LogP contribution in [-0.2, 0) is 19.1 Å². The molecule has 10 heteroatoms. The maximum absolute atomic E-state index is 11.7. The molecule has 1 fully saturated rings. The standard InChI is InChI=1S/C18H34N2O3.C2HF3O2/c1-4-5-6-7-8-9-10-11-15-17(20-16(21)12-19)18(22-3)14(2)13-23-15;3-2(4,5)1(6)7/h10-11,14-15,17-18H,4-9,12-13,19H2,1-3H3,(H,20,21);(H,6,7)/t14-,15-,17-,18-;/m0./s1. The van der Waals surface area contributed by atoms with Gasteiger partial charge in [-0.05, 0) is 12.8 Å². The fourth-order valence-corrected chi connectivity index (χ4v) is 3.06. The normalized spacial score (nSPS) is 24.2. The highest BCUT2D eigenvalue weighted by Gasteiger charge is 2.39. The lowest BCUT2D eigenvalue weighted by molar-refractivity contribution is -0.192. The number of carboxylic acids is 1. The third kappa shape index (κ3) is 11.5. The van der Waals surface area contributed by atoms with E-state index in [2.05, 4.69) is 31.3 Å². The molecule has 1 saturated heterocycles. The van der Waals surface area contributed by atoms with Gasteiger partial charge in [-0.2, -0.15) is 13.2 Å². The lowest BCUT2D eigenvalue weighted by Gasteiger charge is -2.40. The Labute approximate surface area is 176 Å². The molecule has 0 radical (unpaired) electrons. The zero-order chi connectivity index (χ0) is 23.2. The van der Waals surface area contributed by atoms with Gasteiger partial charge in [0.2, 0.25) is 5.91 Å². The molecule has 1 heterocycles.